The molecule has 1 aromatic carbocycles. The lowest BCUT2D eigenvalue weighted by atomic mass is 9.98. The van der Waals surface area contributed by atoms with E-state index in [1.807, 2.05) is 0 Å². The zero-order valence-corrected chi connectivity index (χ0v) is 13.7. The first kappa shape index (κ1) is 15.6. The molecule has 1 N–H and O–H groups in total. The number of hydrogen-bond acceptors (Lipinski definition) is 5. The highest BCUT2D eigenvalue weighted by atomic mass is 16.5. The Morgan fingerprint density at radius 1 is 1.23 bits per heavy atom. The number of nitrogens with zero attached hydrogens (tertiary/aromatic N) is 2. The van der Waals surface area contributed by atoms with Crippen LogP contribution in [0, 0.1) is 5.92 Å². The Kier molecular flexibility index (Phi) is 5.18. The Bertz CT molecular complexity index is 489. The zero-order valence-electron chi connectivity index (χ0n) is 13.7. The number of piperidine rings is 1. The first-order valence-corrected chi connectivity index (χ1v) is 8.21. The van der Waals surface area contributed by atoms with Crippen molar-refractivity contribution in [2.75, 3.05) is 52.0 Å². The van der Waals surface area contributed by atoms with Gasteiger partial charge in [-0.1, -0.05) is 6.07 Å². The van der Waals surface area contributed by atoms with Gasteiger partial charge in [0.2, 0.25) is 0 Å². The number of hydrogen-bond donors (Lipinski definition) is 1. The van der Waals surface area contributed by atoms with Gasteiger partial charge in [0.1, 0.15) is 5.75 Å². The standard InChI is InChI=1S/C17H27N3O2/c1-21-11-10-20-16-4-3-5-17(22-2)15(16)13-19(20)12-14-6-8-18-9-7-14/h3-5,14,18H,6-13H2,1-2H3. The maximum Gasteiger partial charge on any atom is 0.125 e. The zero-order chi connectivity index (χ0) is 15.4. The van der Waals surface area contributed by atoms with Gasteiger partial charge in [0.25, 0.3) is 0 Å². The molecule has 0 radical (unpaired) electrons. The molecule has 1 saturated heterocycles. The maximum absolute atomic E-state index is 5.55. The molecule has 0 spiro atoms. The molecule has 5 heteroatoms. The van der Waals surface area contributed by atoms with Crippen LogP contribution < -0.4 is 15.1 Å². The normalized spacial score (nSPS) is 19.5. The van der Waals surface area contributed by atoms with Gasteiger partial charge in [0.05, 0.1) is 25.9 Å². The molecule has 0 amide bonds. The third-order valence-electron chi connectivity index (χ3n) is 4.72. The number of rotatable bonds is 6. The van der Waals surface area contributed by atoms with E-state index in [0.717, 1.165) is 51.0 Å². The number of ether oxygens (including phenoxy) is 2. The number of fused-ring (bicyclic) bond motifs is 1. The summed E-state index contributed by atoms with van der Waals surface area (Å²) >= 11 is 0. The minimum Gasteiger partial charge on any atom is -0.496 e. The molecule has 3 rings (SSSR count). The largest absolute Gasteiger partial charge is 0.496 e. The van der Waals surface area contributed by atoms with Crippen molar-refractivity contribution in [3.8, 4) is 5.75 Å². The van der Waals surface area contributed by atoms with Gasteiger partial charge in [-0.15, -0.1) is 0 Å². The molecule has 0 aliphatic carbocycles. The van der Waals surface area contributed by atoms with Crippen molar-refractivity contribution in [1.82, 2.24) is 10.3 Å². The van der Waals surface area contributed by atoms with Crippen LogP contribution in [0.25, 0.3) is 0 Å². The van der Waals surface area contributed by atoms with Gasteiger partial charge in [0, 0.05) is 25.8 Å². The first-order valence-electron chi connectivity index (χ1n) is 8.21. The quantitative estimate of drug-likeness (QED) is 0.868. The fourth-order valence-corrected chi connectivity index (χ4v) is 3.53. The first-order chi connectivity index (χ1) is 10.8. The lowest BCUT2D eigenvalue weighted by molar-refractivity contribution is 0.159. The highest BCUT2D eigenvalue weighted by Crippen LogP contribution is 2.38. The molecule has 5 nitrogen and oxygen atoms in total. The molecule has 2 heterocycles. The Morgan fingerprint density at radius 2 is 2.05 bits per heavy atom. The van der Waals surface area contributed by atoms with E-state index in [-0.39, 0.29) is 0 Å². The molecule has 0 atom stereocenters. The van der Waals surface area contributed by atoms with E-state index in [0.29, 0.717) is 0 Å². The lowest BCUT2D eigenvalue weighted by Crippen LogP contribution is -2.44. The topological polar surface area (TPSA) is 37.0 Å². The van der Waals surface area contributed by atoms with Crippen molar-refractivity contribution in [2.24, 2.45) is 5.92 Å². The van der Waals surface area contributed by atoms with Crippen molar-refractivity contribution >= 4 is 5.69 Å². The smallest absolute Gasteiger partial charge is 0.125 e. The fourth-order valence-electron chi connectivity index (χ4n) is 3.53. The highest BCUT2D eigenvalue weighted by Gasteiger charge is 2.31. The summed E-state index contributed by atoms with van der Waals surface area (Å²) in [5, 5.41) is 8.30. The molecule has 0 bridgehead atoms. The monoisotopic (exact) mass is 305 g/mol. The van der Waals surface area contributed by atoms with E-state index in [1.54, 1.807) is 14.2 Å². The molecule has 2 aliphatic heterocycles. The fraction of sp³-hybridized carbons (Fsp3) is 0.647. The Labute approximate surface area is 133 Å². The third-order valence-corrected chi connectivity index (χ3v) is 4.72. The van der Waals surface area contributed by atoms with Crippen molar-refractivity contribution in [2.45, 2.75) is 19.4 Å². The van der Waals surface area contributed by atoms with Gasteiger partial charge in [-0.3, -0.25) is 0 Å². The molecule has 0 saturated carbocycles. The summed E-state index contributed by atoms with van der Waals surface area (Å²) in [5.41, 5.74) is 2.57. The van der Waals surface area contributed by atoms with E-state index in [4.69, 9.17) is 9.47 Å². The van der Waals surface area contributed by atoms with Gasteiger partial charge in [-0.05, 0) is 44.0 Å². The second kappa shape index (κ2) is 7.31. The second-order valence-electron chi connectivity index (χ2n) is 6.11. The van der Waals surface area contributed by atoms with E-state index >= 15 is 0 Å². The van der Waals surface area contributed by atoms with Gasteiger partial charge in [0.15, 0.2) is 0 Å². The predicted molar refractivity (Wildman–Crippen MR) is 88.2 cm³/mol. The SMILES string of the molecule is COCCN1c2cccc(OC)c2CN1CC1CCNCC1. The minimum absolute atomic E-state index is 0.735. The van der Waals surface area contributed by atoms with Gasteiger partial charge < -0.3 is 19.8 Å². The number of nitrogens with one attached hydrogen (secondary N) is 1. The van der Waals surface area contributed by atoms with Crippen LogP contribution in [0.4, 0.5) is 5.69 Å². The predicted octanol–water partition coefficient (Wildman–Crippen LogP) is 1.88. The van der Waals surface area contributed by atoms with Crippen LogP contribution in [0.5, 0.6) is 5.75 Å². The molecular formula is C17H27N3O2. The Balaban J connectivity index is 1.77. The van der Waals surface area contributed by atoms with Gasteiger partial charge in [-0.2, -0.15) is 0 Å². The van der Waals surface area contributed by atoms with Crippen LogP contribution in [0.1, 0.15) is 18.4 Å². The average molecular weight is 305 g/mol. The van der Waals surface area contributed by atoms with Crippen LogP contribution in [0.2, 0.25) is 0 Å². The number of hydrazine groups is 1. The summed E-state index contributed by atoms with van der Waals surface area (Å²) in [7, 11) is 3.52. The van der Waals surface area contributed by atoms with Crippen LogP contribution in [-0.2, 0) is 11.3 Å². The van der Waals surface area contributed by atoms with E-state index in [9.17, 15) is 0 Å². The molecule has 0 aromatic heterocycles. The summed E-state index contributed by atoms with van der Waals surface area (Å²) in [6.45, 7) is 5.97. The van der Waals surface area contributed by atoms with Crippen molar-refractivity contribution in [1.29, 1.82) is 0 Å². The van der Waals surface area contributed by atoms with Crippen LogP contribution in [0.15, 0.2) is 18.2 Å². The molecular weight excluding hydrogens is 278 g/mol. The van der Waals surface area contributed by atoms with Crippen molar-refractivity contribution < 1.29 is 9.47 Å². The van der Waals surface area contributed by atoms with Crippen LogP contribution in [0.3, 0.4) is 0 Å². The third kappa shape index (κ3) is 3.21. The number of methoxy groups -OCH3 is 2. The summed E-state index contributed by atoms with van der Waals surface area (Å²) in [4.78, 5) is 0. The molecule has 1 fully saturated rings. The van der Waals surface area contributed by atoms with E-state index in [1.165, 1.54) is 24.1 Å². The highest BCUT2D eigenvalue weighted by molar-refractivity contribution is 5.61. The lowest BCUT2D eigenvalue weighted by Gasteiger charge is -2.34. The summed E-state index contributed by atoms with van der Waals surface area (Å²) in [6, 6.07) is 6.32. The number of anilines is 1. The molecule has 0 unspecified atom stereocenters. The Hall–Kier alpha value is -1.30. The van der Waals surface area contributed by atoms with Crippen molar-refractivity contribution in [3.63, 3.8) is 0 Å². The average Bonchev–Trinajstić information content (AvgIpc) is 2.91. The second-order valence-corrected chi connectivity index (χ2v) is 6.11. The maximum atomic E-state index is 5.55. The molecule has 122 valence electrons. The Morgan fingerprint density at radius 3 is 2.77 bits per heavy atom. The van der Waals surface area contributed by atoms with Crippen LogP contribution >= 0.6 is 0 Å². The van der Waals surface area contributed by atoms with Crippen molar-refractivity contribution in [3.05, 3.63) is 23.8 Å². The molecule has 2 aliphatic rings. The molecule has 1 aromatic rings. The van der Waals surface area contributed by atoms with Crippen LogP contribution in [-0.4, -0.2) is 52.0 Å². The number of benzene rings is 1. The van der Waals surface area contributed by atoms with E-state index < -0.39 is 0 Å². The summed E-state index contributed by atoms with van der Waals surface area (Å²) < 4.78 is 10.9. The minimum atomic E-state index is 0.735. The van der Waals surface area contributed by atoms with Gasteiger partial charge in [-0.25, -0.2) is 5.01 Å². The molecule has 22 heavy (non-hydrogen) atoms. The summed E-state index contributed by atoms with van der Waals surface area (Å²) in [6.07, 6.45) is 2.53. The summed E-state index contributed by atoms with van der Waals surface area (Å²) in [5.74, 6) is 1.76. The van der Waals surface area contributed by atoms with Gasteiger partial charge >= 0.3 is 0 Å². The van der Waals surface area contributed by atoms with E-state index in [2.05, 4.69) is 33.5 Å².